The van der Waals surface area contributed by atoms with Crippen LogP contribution in [0.25, 0.3) is 11.3 Å². The molecule has 1 heterocycles. The first-order valence-electron chi connectivity index (χ1n) is 6.28. The van der Waals surface area contributed by atoms with Crippen LogP contribution >= 0.6 is 11.8 Å². The number of nitrogens with one attached hydrogen (secondary N) is 1. The Balaban J connectivity index is 2.42. The summed E-state index contributed by atoms with van der Waals surface area (Å²) in [4.78, 5) is 15.3. The van der Waals surface area contributed by atoms with Crippen LogP contribution in [0.3, 0.4) is 0 Å². The predicted octanol–water partition coefficient (Wildman–Crippen LogP) is 3.59. The van der Waals surface area contributed by atoms with Gasteiger partial charge in [0.1, 0.15) is 5.75 Å². The number of hydrogen-bond donors (Lipinski definition) is 1. The van der Waals surface area contributed by atoms with Gasteiger partial charge in [0.05, 0.1) is 30.0 Å². The second kappa shape index (κ2) is 6.52. The van der Waals surface area contributed by atoms with E-state index in [0.717, 1.165) is 22.0 Å². The average molecular weight is 291 g/mol. The first-order chi connectivity index (χ1) is 9.69. The molecule has 0 radical (unpaired) electrons. The quantitative estimate of drug-likeness (QED) is 0.675. The summed E-state index contributed by atoms with van der Waals surface area (Å²) in [6, 6.07) is 9.38. The molecule has 0 aliphatic carbocycles. The lowest BCUT2D eigenvalue weighted by atomic mass is 10.1. The Morgan fingerprint density at radius 3 is 2.55 bits per heavy atom. The Labute approximate surface area is 122 Å². The molecule has 0 saturated carbocycles. The largest absolute Gasteiger partial charge is 0.497 e. The topological polar surface area (TPSA) is 51.3 Å². The number of thioether (sulfide) groups is 1. The zero-order valence-electron chi connectivity index (χ0n) is 11.7. The van der Waals surface area contributed by atoms with Gasteiger partial charge in [-0.2, -0.15) is 0 Å². The highest BCUT2D eigenvalue weighted by molar-refractivity contribution is 7.98. The third-order valence-electron chi connectivity index (χ3n) is 2.89. The van der Waals surface area contributed by atoms with Gasteiger partial charge in [0.25, 0.3) is 0 Å². The van der Waals surface area contributed by atoms with Gasteiger partial charge in [0.15, 0.2) is 0 Å². The van der Waals surface area contributed by atoms with Crippen LogP contribution in [-0.4, -0.2) is 30.9 Å². The minimum Gasteiger partial charge on any atom is -0.497 e. The Hall–Kier alpha value is -1.88. The summed E-state index contributed by atoms with van der Waals surface area (Å²) in [5.41, 5.74) is 2.26. The summed E-state index contributed by atoms with van der Waals surface area (Å²) in [7, 11) is 1.62. The van der Waals surface area contributed by atoms with E-state index in [1.54, 1.807) is 25.8 Å². The fourth-order valence-electron chi connectivity index (χ4n) is 1.90. The van der Waals surface area contributed by atoms with E-state index in [-0.39, 0.29) is 5.97 Å². The third kappa shape index (κ3) is 2.99. The second-order valence-electron chi connectivity index (χ2n) is 4.08. The molecule has 106 valence electrons. The van der Waals surface area contributed by atoms with Crippen LogP contribution in [-0.2, 0) is 4.74 Å². The Bertz CT molecular complexity index is 590. The van der Waals surface area contributed by atoms with Gasteiger partial charge in [-0.05, 0) is 49.1 Å². The monoisotopic (exact) mass is 291 g/mol. The van der Waals surface area contributed by atoms with Crippen LogP contribution in [0.1, 0.15) is 17.3 Å². The van der Waals surface area contributed by atoms with Crippen molar-refractivity contribution in [1.29, 1.82) is 0 Å². The van der Waals surface area contributed by atoms with Gasteiger partial charge < -0.3 is 14.5 Å². The van der Waals surface area contributed by atoms with Crippen molar-refractivity contribution in [1.82, 2.24) is 4.98 Å². The van der Waals surface area contributed by atoms with Gasteiger partial charge in [-0.25, -0.2) is 4.79 Å². The molecule has 0 aliphatic heterocycles. The lowest BCUT2D eigenvalue weighted by molar-refractivity contribution is 0.0527. The lowest BCUT2D eigenvalue weighted by Crippen LogP contribution is -2.04. The summed E-state index contributed by atoms with van der Waals surface area (Å²) in [6.07, 6.45) is 1.96. The molecule has 0 fully saturated rings. The average Bonchev–Trinajstić information content (AvgIpc) is 2.92. The third-order valence-corrected chi connectivity index (χ3v) is 3.55. The SMILES string of the molecule is CCOC(=O)c1cc(SC)[nH]c1-c1ccc(OC)cc1. The molecule has 1 aromatic carbocycles. The molecule has 0 amide bonds. The molecule has 0 saturated heterocycles. The smallest absolute Gasteiger partial charge is 0.340 e. The van der Waals surface area contributed by atoms with Crippen molar-refractivity contribution >= 4 is 17.7 Å². The van der Waals surface area contributed by atoms with Crippen molar-refractivity contribution in [2.45, 2.75) is 11.9 Å². The van der Waals surface area contributed by atoms with Gasteiger partial charge in [0.2, 0.25) is 0 Å². The molecule has 20 heavy (non-hydrogen) atoms. The number of esters is 1. The Morgan fingerprint density at radius 2 is 2.00 bits per heavy atom. The number of hydrogen-bond acceptors (Lipinski definition) is 4. The van der Waals surface area contributed by atoms with E-state index in [0.29, 0.717) is 12.2 Å². The first-order valence-corrected chi connectivity index (χ1v) is 7.50. The Morgan fingerprint density at radius 1 is 1.30 bits per heavy atom. The zero-order valence-corrected chi connectivity index (χ0v) is 12.5. The van der Waals surface area contributed by atoms with Crippen molar-refractivity contribution in [3.05, 3.63) is 35.9 Å². The maximum atomic E-state index is 12.0. The van der Waals surface area contributed by atoms with Crippen molar-refractivity contribution in [2.75, 3.05) is 20.0 Å². The fourth-order valence-corrected chi connectivity index (χ4v) is 2.33. The highest BCUT2D eigenvalue weighted by Gasteiger charge is 2.17. The van der Waals surface area contributed by atoms with Gasteiger partial charge in [0, 0.05) is 0 Å². The maximum Gasteiger partial charge on any atom is 0.340 e. The Kier molecular flexibility index (Phi) is 4.74. The van der Waals surface area contributed by atoms with Crippen LogP contribution < -0.4 is 4.74 Å². The normalized spacial score (nSPS) is 10.3. The number of ether oxygens (including phenoxy) is 2. The molecule has 0 spiro atoms. The van der Waals surface area contributed by atoms with Crippen LogP contribution in [0.2, 0.25) is 0 Å². The molecule has 0 bridgehead atoms. The minimum absolute atomic E-state index is 0.310. The number of rotatable bonds is 5. The number of carbonyl (C=O) groups excluding carboxylic acids is 1. The van der Waals surface area contributed by atoms with Crippen molar-refractivity contribution in [3.8, 4) is 17.0 Å². The van der Waals surface area contributed by atoms with Crippen molar-refractivity contribution in [2.24, 2.45) is 0 Å². The predicted molar refractivity (Wildman–Crippen MR) is 80.5 cm³/mol. The van der Waals surface area contributed by atoms with E-state index in [2.05, 4.69) is 4.98 Å². The second-order valence-corrected chi connectivity index (χ2v) is 4.92. The summed E-state index contributed by atoms with van der Waals surface area (Å²) in [5, 5.41) is 0.930. The molecule has 2 rings (SSSR count). The molecule has 4 nitrogen and oxygen atoms in total. The molecule has 0 unspecified atom stereocenters. The van der Waals surface area contributed by atoms with Crippen molar-refractivity contribution < 1.29 is 14.3 Å². The summed E-state index contributed by atoms with van der Waals surface area (Å²) >= 11 is 1.55. The van der Waals surface area contributed by atoms with Gasteiger partial charge in [-0.3, -0.25) is 0 Å². The maximum absolute atomic E-state index is 12.0. The molecule has 0 atom stereocenters. The molecule has 0 aliphatic rings. The lowest BCUT2D eigenvalue weighted by Gasteiger charge is -2.05. The number of H-pyrrole nitrogens is 1. The standard InChI is InChI=1S/C15H17NO3S/c1-4-19-15(17)12-9-13(20-3)16-14(12)10-5-7-11(18-2)8-6-10/h5-9,16H,4H2,1-3H3. The van der Waals surface area contributed by atoms with Crippen LogP contribution in [0.4, 0.5) is 0 Å². The van der Waals surface area contributed by atoms with E-state index < -0.39 is 0 Å². The number of aromatic amines is 1. The summed E-state index contributed by atoms with van der Waals surface area (Å²) in [5.74, 6) is 0.470. The van der Waals surface area contributed by atoms with E-state index in [9.17, 15) is 4.79 Å². The van der Waals surface area contributed by atoms with Crippen LogP contribution in [0, 0.1) is 0 Å². The number of carbonyl (C=O) groups is 1. The van der Waals surface area contributed by atoms with E-state index in [1.807, 2.05) is 36.6 Å². The van der Waals surface area contributed by atoms with Crippen LogP contribution in [0.15, 0.2) is 35.4 Å². The molecule has 1 aromatic heterocycles. The molecular formula is C15H17NO3S. The van der Waals surface area contributed by atoms with E-state index in [4.69, 9.17) is 9.47 Å². The van der Waals surface area contributed by atoms with E-state index in [1.165, 1.54) is 0 Å². The zero-order chi connectivity index (χ0) is 14.5. The minimum atomic E-state index is -0.310. The molecule has 5 heteroatoms. The van der Waals surface area contributed by atoms with E-state index >= 15 is 0 Å². The highest BCUT2D eigenvalue weighted by Crippen LogP contribution is 2.29. The molecule has 2 aromatic rings. The highest BCUT2D eigenvalue weighted by atomic mass is 32.2. The number of benzene rings is 1. The fraction of sp³-hybridized carbons (Fsp3) is 0.267. The van der Waals surface area contributed by atoms with Crippen molar-refractivity contribution in [3.63, 3.8) is 0 Å². The first kappa shape index (κ1) is 14.5. The summed E-state index contributed by atoms with van der Waals surface area (Å²) < 4.78 is 10.2. The van der Waals surface area contributed by atoms with Gasteiger partial charge >= 0.3 is 5.97 Å². The number of methoxy groups -OCH3 is 1. The molecular weight excluding hydrogens is 274 g/mol. The van der Waals surface area contributed by atoms with Gasteiger partial charge in [-0.15, -0.1) is 11.8 Å². The molecule has 1 N–H and O–H groups in total. The summed E-state index contributed by atoms with van der Waals surface area (Å²) in [6.45, 7) is 2.16. The van der Waals surface area contributed by atoms with Crippen LogP contribution in [0.5, 0.6) is 5.75 Å². The van der Waals surface area contributed by atoms with Gasteiger partial charge in [-0.1, -0.05) is 0 Å². The number of aromatic nitrogens is 1.